The first kappa shape index (κ1) is 18.9. The lowest BCUT2D eigenvalue weighted by atomic mass is 9.92. The fraction of sp³-hybridized carbons (Fsp3) is 0.333. The molecule has 0 saturated carbocycles. The Morgan fingerprint density at radius 3 is 2.67 bits per heavy atom. The minimum Gasteiger partial charge on any atom is -0.453 e. The predicted octanol–water partition coefficient (Wildman–Crippen LogP) is 4.47. The number of aromatic nitrogens is 2. The van der Waals surface area contributed by atoms with E-state index in [2.05, 4.69) is 26.1 Å². The normalized spacial score (nSPS) is 11.6. The first-order valence-corrected chi connectivity index (χ1v) is 8.84. The van der Waals surface area contributed by atoms with Gasteiger partial charge in [-0.2, -0.15) is 5.10 Å². The second kappa shape index (κ2) is 7.40. The van der Waals surface area contributed by atoms with Gasteiger partial charge in [-0.15, -0.1) is 0 Å². The number of aryl methyl sites for hydroxylation is 1. The second-order valence-corrected chi connectivity index (χ2v) is 7.57. The molecule has 6 nitrogen and oxygen atoms in total. The molecule has 0 saturated heterocycles. The van der Waals surface area contributed by atoms with Gasteiger partial charge in [0, 0.05) is 18.6 Å². The molecule has 1 N–H and O–H groups in total. The number of hydrogen-bond acceptors (Lipinski definition) is 4. The van der Waals surface area contributed by atoms with Gasteiger partial charge in [-0.1, -0.05) is 32.9 Å². The summed E-state index contributed by atoms with van der Waals surface area (Å²) in [5.74, 6) is 1.11. The van der Waals surface area contributed by atoms with Crippen LogP contribution < -0.4 is 5.32 Å². The van der Waals surface area contributed by atoms with Crippen LogP contribution in [-0.4, -0.2) is 22.8 Å². The monoisotopic (exact) mass is 367 g/mol. The summed E-state index contributed by atoms with van der Waals surface area (Å²) in [4.78, 5) is 12.7. The van der Waals surface area contributed by atoms with Crippen LogP contribution in [0.1, 0.15) is 48.3 Å². The predicted molar refractivity (Wildman–Crippen MR) is 104 cm³/mol. The number of carbonyl (C=O) groups excluding carboxylic acids is 1. The summed E-state index contributed by atoms with van der Waals surface area (Å²) in [6, 6.07) is 13.3. The van der Waals surface area contributed by atoms with Crippen LogP contribution >= 0.6 is 0 Å². The number of rotatable bonds is 5. The smallest absolute Gasteiger partial charge is 0.292 e. The highest BCUT2D eigenvalue weighted by molar-refractivity contribution is 6.02. The maximum Gasteiger partial charge on any atom is 0.292 e. The number of methoxy groups -OCH3 is 1. The highest BCUT2D eigenvalue weighted by atomic mass is 16.5. The first-order chi connectivity index (χ1) is 12.8. The van der Waals surface area contributed by atoms with Crippen molar-refractivity contribution in [1.29, 1.82) is 0 Å². The number of benzene rings is 1. The first-order valence-electron chi connectivity index (χ1n) is 8.84. The molecule has 6 heteroatoms. The van der Waals surface area contributed by atoms with Crippen LogP contribution in [0.5, 0.6) is 0 Å². The number of furan rings is 1. The molecule has 0 aliphatic rings. The zero-order valence-corrected chi connectivity index (χ0v) is 16.4. The summed E-state index contributed by atoms with van der Waals surface area (Å²) >= 11 is 0. The van der Waals surface area contributed by atoms with Gasteiger partial charge in [0.05, 0.1) is 11.4 Å². The highest BCUT2D eigenvalue weighted by Gasteiger charge is 2.22. The molecule has 0 bridgehead atoms. The van der Waals surface area contributed by atoms with Gasteiger partial charge in [-0.3, -0.25) is 4.79 Å². The fourth-order valence-electron chi connectivity index (χ4n) is 2.69. The van der Waals surface area contributed by atoms with Gasteiger partial charge < -0.3 is 14.5 Å². The number of nitrogens with one attached hydrogen (secondary N) is 1. The number of anilines is 1. The van der Waals surface area contributed by atoms with Crippen LogP contribution in [0, 0.1) is 6.92 Å². The van der Waals surface area contributed by atoms with Gasteiger partial charge >= 0.3 is 0 Å². The van der Waals surface area contributed by atoms with Crippen molar-refractivity contribution in [2.75, 3.05) is 12.4 Å². The Morgan fingerprint density at radius 1 is 1.22 bits per heavy atom. The van der Waals surface area contributed by atoms with Crippen LogP contribution in [0.4, 0.5) is 5.82 Å². The second-order valence-electron chi connectivity index (χ2n) is 7.57. The Labute approximate surface area is 159 Å². The van der Waals surface area contributed by atoms with Crippen LogP contribution in [-0.2, 0) is 16.8 Å². The summed E-state index contributed by atoms with van der Waals surface area (Å²) in [6.45, 7) is 8.61. The van der Waals surface area contributed by atoms with Crippen LogP contribution in [0.2, 0.25) is 0 Å². The van der Waals surface area contributed by atoms with E-state index in [9.17, 15) is 4.79 Å². The van der Waals surface area contributed by atoms with Gasteiger partial charge in [0.25, 0.3) is 5.91 Å². The summed E-state index contributed by atoms with van der Waals surface area (Å²) < 4.78 is 12.3. The number of amides is 1. The standard InChI is InChI=1S/C21H25N3O3/c1-14-7-6-8-15(11-14)24-19(12-18(23-24)21(2,3)4)22-20(25)17-10-9-16(27-17)13-26-5/h6-12H,13H2,1-5H3,(H,22,25). The van der Waals surface area contributed by atoms with Crippen molar-refractivity contribution in [2.45, 2.75) is 39.7 Å². The van der Waals surface area contributed by atoms with E-state index in [-0.39, 0.29) is 17.1 Å². The van der Waals surface area contributed by atoms with Crippen molar-refractivity contribution < 1.29 is 13.9 Å². The Hall–Kier alpha value is -2.86. The molecule has 0 atom stereocenters. The molecule has 0 spiro atoms. The molecule has 3 rings (SSSR count). The summed E-state index contributed by atoms with van der Waals surface area (Å²) in [5, 5.41) is 7.65. The Balaban J connectivity index is 1.95. The lowest BCUT2D eigenvalue weighted by Gasteiger charge is -2.14. The SMILES string of the molecule is COCc1ccc(C(=O)Nc2cc(C(C)(C)C)nn2-c2cccc(C)c2)o1. The van der Waals surface area contributed by atoms with Gasteiger partial charge in [0.15, 0.2) is 5.76 Å². The molecule has 1 amide bonds. The molecule has 1 aromatic carbocycles. The van der Waals surface area contributed by atoms with Gasteiger partial charge in [-0.25, -0.2) is 4.68 Å². The Kier molecular flexibility index (Phi) is 5.19. The number of nitrogens with zero attached hydrogens (tertiary/aromatic N) is 2. The minimum absolute atomic E-state index is 0.148. The average Bonchev–Trinajstić information content (AvgIpc) is 3.22. The van der Waals surface area contributed by atoms with Crippen molar-refractivity contribution in [3.8, 4) is 5.69 Å². The van der Waals surface area contributed by atoms with E-state index >= 15 is 0 Å². The van der Waals surface area contributed by atoms with Gasteiger partial charge in [-0.05, 0) is 36.8 Å². The zero-order valence-electron chi connectivity index (χ0n) is 16.4. The molecule has 0 aliphatic carbocycles. The van der Waals surface area contributed by atoms with Crippen LogP contribution in [0.25, 0.3) is 5.69 Å². The van der Waals surface area contributed by atoms with Gasteiger partial charge in [0.1, 0.15) is 18.2 Å². The number of hydrogen-bond donors (Lipinski definition) is 1. The van der Waals surface area contributed by atoms with Crippen molar-refractivity contribution in [1.82, 2.24) is 9.78 Å². The third-order valence-corrected chi connectivity index (χ3v) is 4.14. The summed E-state index contributed by atoms with van der Waals surface area (Å²) in [7, 11) is 1.58. The van der Waals surface area contributed by atoms with Gasteiger partial charge in [0.2, 0.25) is 0 Å². The van der Waals surface area contributed by atoms with Crippen molar-refractivity contribution >= 4 is 11.7 Å². The highest BCUT2D eigenvalue weighted by Crippen LogP contribution is 2.27. The van der Waals surface area contributed by atoms with E-state index in [4.69, 9.17) is 14.3 Å². The minimum atomic E-state index is -0.327. The molecule has 2 aromatic heterocycles. The molecule has 142 valence electrons. The third-order valence-electron chi connectivity index (χ3n) is 4.14. The topological polar surface area (TPSA) is 69.3 Å². The summed E-state index contributed by atoms with van der Waals surface area (Å²) in [5.41, 5.74) is 2.75. The lowest BCUT2D eigenvalue weighted by Crippen LogP contribution is -2.14. The van der Waals surface area contributed by atoms with Crippen molar-refractivity contribution in [3.05, 3.63) is 65.2 Å². The van der Waals surface area contributed by atoms with E-state index in [1.54, 1.807) is 23.9 Å². The van der Waals surface area contributed by atoms with Crippen LogP contribution in [0.3, 0.4) is 0 Å². The molecule has 0 aliphatic heterocycles. The number of ether oxygens (including phenoxy) is 1. The quantitative estimate of drug-likeness (QED) is 0.722. The zero-order chi connectivity index (χ0) is 19.6. The van der Waals surface area contributed by atoms with Crippen molar-refractivity contribution in [2.24, 2.45) is 0 Å². The summed E-state index contributed by atoms with van der Waals surface area (Å²) in [6.07, 6.45) is 0. The average molecular weight is 367 g/mol. The molecule has 0 fully saturated rings. The maximum atomic E-state index is 12.7. The molecule has 3 aromatic rings. The molecule has 0 unspecified atom stereocenters. The van der Waals surface area contributed by atoms with Crippen LogP contribution in [0.15, 0.2) is 46.9 Å². The number of carbonyl (C=O) groups is 1. The molecular weight excluding hydrogens is 342 g/mol. The molecule has 27 heavy (non-hydrogen) atoms. The maximum absolute atomic E-state index is 12.7. The molecule has 0 radical (unpaired) electrons. The van der Waals surface area contributed by atoms with E-state index in [1.807, 2.05) is 37.3 Å². The van der Waals surface area contributed by atoms with Crippen molar-refractivity contribution in [3.63, 3.8) is 0 Å². The largest absolute Gasteiger partial charge is 0.453 e. The third kappa shape index (κ3) is 4.28. The fourth-order valence-corrected chi connectivity index (χ4v) is 2.69. The van der Waals surface area contributed by atoms with E-state index in [0.717, 1.165) is 16.9 Å². The van der Waals surface area contributed by atoms with E-state index in [0.29, 0.717) is 18.2 Å². The van der Waals surface area contributed by atoms with E-state index < -0.39 is 0 Å². The lowest BCUT2D eigenvalue weighted by molar-refractivity contribution is 0.0987. The Morgan fingerprint density at radius 2 is 2.00 bits per heavy atom. The Bertz CT molecular complexity index is 948. The van der Waals surface area contributed by atoms with E-state index in [1.165, 1.54) is 0 Å². The molecular formula is C21H25N3O3. The molecule has 2 heterocycles.